The summed E-state index contributed by atoms with van der Waals surface area (Å²) in [4.78, 5) is 14.6. The van der Waals surface area contributed by atoms with Gasteiger partial charge in [-0.05, 0) is 43.0 Å². The molecule has 0 spiro atoms. The number of alkyl halides is 2. The van der Waals surface area contributed by atoms with Gasteiger partial charge < -0.3 is 9.64 Å². The smallest absolute Gasteiger partial charge is 0.387 e. The lowest BCUT2D eigenvalue weighted by Gasteiger charge is -2.36. The first kappa shape index (κ1) is 20.0. The molecule has 3 heterocycles. The van der Waals surface area contributed by atoms with Crippen LogP contribution in [0, 0.1) is 5.92 Å². The van der Waals surface area contributed by atoms with Crippen LogP contribution in [0.2, 0.25) is 0 Å². The molecule has 0 unspecified atom stereocenters. The predicted octanol–water partition coefficient (Wildman–Crippen LogP) is 1.63. The highest BCUT2D eigenvalue weighted by Gasteiger charge is 2.41. The van der Waals surface area contributed by atoms with Crippen molar-refractivity contribution in [3.8, 4) is 5.75 Å². The van der Waals surface area contributed by atoms with Crippen LogP contribution in [0.4, 0.5) is 8.78 Å². The Morgan fingerprint density at radius 3 is 2.41 bits per heavy atom. The van der Waals surface area contributed by atoms with Crippen molar-refractivity contribution in [1.29, 1.82) is 0 Å². The van der Waals surface area contributed by atoms with Crippen LogP contribution in [0.3, 0.4) is 0 Å². The van der Waals surface area contributed by atoms with Crippen molar-refractivity contribution >= 4 is 16.1 Å². The van der Waals surface area contributed by atoms with Crippen LogP contribution in [-0.2, 0) is 10.2 Å². The van der Waals surface area contributed by atoms with Gasteiger partial charge in [-0.15, -0.1) is 0 Å². The van der Waals surface area contributed by atoms with Gasteiger partial charge in [0.2, 0.25) is 0 Å². The van der Waals surface area contributed by atoms with Crippen LogP contribution in [-0.4, -0.2) is 74.2 Å². The number of hydrogen-bond acceptors (Lipinski definition) is 4. The van der Waals surface area contributed by atoms with E-state index in [9.17, 15) is 22.0 Å². The molecule has 27 heavy (non-hydrogen) atoms. The van der Waals surface area contributed by atoms with Gasteiger partial charge in [-0.25, -0.2) is 0 Å². The molecule has 1 aromatic carbocycles. The van der Waals surface area contributed by atoms with Crippen molar-refractivity contribution in [2.24, 2.45) is 5.92 Å². The average Bonchev–Trinajstić information content (AvgIpc) is 2.93. The molecule has 4 rings (SSSR count). The topological polar surface area (TPSA) is 70.2 Å². The number of piperidine rings is 1. The molecule has 1 aromatic rings. The van der Waals surface area contributed by atoms with Crippen molar-refractivity contribution < 1.29 is 26.7 Å². The molecule has 0 saturated carbocycles. The van der Waals surface area contributed by atoms with Crippen LogP contribution < -0.4 is 4.74 Å². The summed E-state index contributed by atoms with van der Waals surface area (Å²) in [5.74, 6) is -0.163. The number of amides is 1. The maximum absolute atomic E-state index is 12.9. The summed E-state index contributed by atoms with van der Waals surface area (Å²) < 4.78 is 56.4. The molecule has 3 saturated heterocycles. The summed E-state index contributed by atoms with van der Waals surface area (Å²) in [5.41, 5.74) is 0.367. The fourth-order valence-corrected chi connectivity index (χ4v) is 4.87. The highest BCUT2D eigenvalue weighted by Crippen LogP contribution is 2.31. The van der Waals surface area contributed by atoms with Gasteiger partial charge in [0, 0.05) is 45.3 Å². The van der Waals surface area contributed by atoms with E-state index in [2.05, 4.69) is 4.74 Å². The van der Waals surface area contributed by atoms with Gasteiger partial charge in [0.15, 0.2) is 0 Å². The zero-order chi connectivity index (χ0) is 19.8. The normalized spacial score (nSPS) is 23.7. The first-order chi connectivity index (χ1) is 12.7. The molecule has 2 bridgehead atoms. The van der Waals surface area contributed by atoms with Crippen molar-refractivity contribution in [1.82, 2.24) is 13.5 Å². The molecule has 2 atom stereocenters. The molecular formula is C17H23F2N3O4S. The SMILES string of the molecule is CN(C)S(=O)(=O)N1C[C@@H]2CC[C@H](C1)N(C(=O)c1ccc(OC(F)F)cc1)C2. The summed E-state index contributed by atoms with van der Waals surface area (Å²) in [5, 5.41) is 0. The van der Waals surface area contributed by atoms with Gasteiger partial charge in [-0.1, -0.05) is 0 Å². The molecule has 0 aromatic heterocycles. The standard InChI is InChI=1S/C17H23F2N3O4S/c1-20(2)27(24,25)21-9-12-3-6-14(11-21)22(10-12)16(23)13-4-7-15(8-5-13)26-17(18)19/h4-5,7-8,12,14,17H,3,6,9-11H2,1-2H3/t12-,14+/m0/s1. The first-order valence-electron chi connectivity index (χ1n) is 8.72. The molecular weight excluding hydrogens is 380 g/mol. The Hall–Kier alpha value is -1.78. The lowest BCUT2D eigenvalue weighted by atomic mass is 9.94. The van der Waals surface area contributed by atoms with Crippen molar-refractivity contribution in [3.63, 3.8) is 0 Å². The van der Waals surface area contributed by atoms with E-state index >= 15 is 0 Å². The summed E-state index contributed by atoms with van der Waals surface area (Å²) in [6.07, 6.45) is 1.61. The third-order valence-electron chi connectivity index (χ3n) is 5.06. The fraction of sp³-hybridized carbons (Fsp3) is 0.588. The van der Waals surface area contributed by atoms with E-state index in [0.717, 1.165) is 12.8 Å². The Morgan fingerprint density at radius 1 is 1.15 bits per heavy atom. The number of ether oxygens (including phenoxy) is 1. The van der Waals surface area contributed by atoms with Gasteiger partial charge in [0.05, 0.1) is 0 Å². The number of rotatable bonds is 5. The maximum atomic E-state index is 12.9. The molecule has 0 aliphatic carbocycles. The molecule has 3 aliphatic heterocycles. The first-order valence-corrected chi connectivity index (χ1v) is 10.1. The third kappa shape index (κ3) is 4.22. The van der Waals surface area contributed by atoms with Crippen LogP contribution in [0.15, 0.2) is 24.3 Å². The molecule has 3 aliphatic rings. The second kappa shape index (κ2) is 7.69. The van der Waals surface area contributed by atoms with Crippen LogP contribution in [0.5, 0.6) is 5.75 Å². The maximum Gasteiger partial charge on any atom is 0.387 e. The van der Waals surface area contributed by atoms with Crippen LogP contribution in [0.1, 0.15) is 23.2 Å². The minimum Gasteiger partial charge on any atom is -0.435 e. The van der Waals surface area contributed by atoms with Crippen molar-refractivity contribution in [2.75, 3.05) is 33.7 Å². The van der Waals surface area contributed by atoms with Gasteiger partial charge in [-0.2, -0.15) is 25.8 Å². The summed E-state index contributed by atoms with van der Waals surface area (Å²) in [6, 6.07) is 5.36. The minimum atomic E-state index is -3.54. The van der Waals surface area contributed by atoms with E-state index < -0.39 is 16.8 Å². The van der Waals surface area contributed by atoms with Crippen LogP contribution in [0.25, 0.3) is 0 Å². The number of halogens is 2. The third-order valence-corrected chi connectivity index (χ3v) is 6.93. The highest BCUT2D eigenvalue weighted by atomic mass is 32.2. The number of carbonyl (C=O) groups excluding carboxylic acids is 1. The Kier molecular flexibility index (Phi) is 5.68. The summed E-state index contributed by atoms with van der Waals surface area (Å²) in [7, 11) is -0.551. The lowest BCUT2D eigenvalue weighted by Crippen LogP contribution is -2.48. The summed E-state index contributed by atoms with van der Waals surface area (Å²) >= 11 is 0. The van der Waals surface area contributed by atoms with Gasteiger partial charge >= 0.3 is 6.61 Å². The van der Waals surface area contributed by atoms with E-state index in [0.29, 0.717) is 18.7 Å². The monoisotopic (exact) mass is 403 g/mol. The van der Waals surface area contributed by atoms with E-state index in [-0.39, 0.29) is 30.2 Å². The molecule has 0 N–H and O–H groups in total. The number of fused-ring (bicyclic) bond motifs is 4. The fourth-order valence-electron chi connectivity index (χ4n) is 3.65. The van der Waals surface area contributed by atoms with Gasteiger partial charge in [-0.3, -0.25) is 4.79 Å². The minimum absolute atomic E-state index is 0.0119. The quantitative estimate of drug-likeness (QED) is 0.749. The molecule has 150 valence electrons. The highest BCUT2D eigenvalue weighted by molar-refractivity contribution is 7.86. The zero-order valence-electron chi connectivity index (χ0n) is 15.2. The van der Waals surface area contributed by atoms with E-state index in [1.165, 1.54) is 47.0 Å². The second-order valence-corrected chi connectivity index (χ2v) is 9.21. The molecule has 1 amide bonds. The number of hydrogen-bond donors (Lipinski definition) is 0. The average molecular weight is 403 g/mol. The van der Waals surface area contributed by atoms with E-state index in [1.54, 1.807) is 4.90 Å². The predicted molar refractivity (Wildman–Crippen MR) is 94.8 cm³/mol. The Labute approximate surface area is 157 Å². The lowest BCUT2D eigenvalue weighted by molar-refractivity contribution is -0.0498. The number of benzene rings is 1. The number of carbonyl (C=O) groups is 1. The molecule has 3 fully saturated rings. The van der Waals surface area contributed by atoms with Crippen LogP contribution >= 0.6 is 0 Å². The Bertz CT molecular complexity index is 786. The molecule has 10 heteroatoms. The second-order valence-electron chi connectivity index (χ2n) is 7.06. The Balaban J connectivity index is 1.77. The largest absolute Gasteiger partial charge is 0.435 e. The molecule has 7 nitrogen and oxygen atoms in total. The number of nitrogens with zero attached hydrogens (tertiary/aromatic N) is 3. The summed E-state index contributed by atoms with van der Waals surface area (Å²) in [6.45, 7) is -1.78. The molecule has 0 radical (unpaired) electrons. The van der Waals surface area contributed by atoms with Gasteiger partial charge in [0.1, 0.15) is 5.75 Å². The van der Waals surface area contributed by atoms with Crippen molar-refractivity contribution in [2.45, 2.75) is 25.5 Å². The van der Waals surface area contributed by atoms with E-state index in [4.69, 9.17) is 0 Å². The van der Waals surface area contributed by atoms with Crippen molar-refractivity contribution in [3.05, 3.63) is 29.8 Å². The van der Waals surface area contributed by atoms with E-state index in [1.807, 2.05) is 0 Å². The Morgan fingerprint density at radius 2 is 1.81 bits per heavy atom. The zero-order valence-corrected chi connectivity index (χ0v) is 16.0. The van der Waals surface area contributed by atoms with Gasteiger partial charge in [0.25, 0.3) is 16.1 Å².